The Morgan fingerprint density at radius 3 is 2.32 bits per heavy atom. The standard InChI is InChI=1S/C19H16N4O5/c1-11-6-16(23-28-11)22-18(25)14-7-13(9-20-10-14)17(24)21-15-5-3-4-12(8-15)19(26)27-2/h3-10H,1-2H3,(H,21,24)(H,22,23,25). The van der Waals surface area contributed by atoms with Gasteiger partial charge in [0.15, 0.2) is 5.82 Å². The van der Waals surface area contributed by atoms with Crippen molar-refractivity contribution in [2.24, 2.45) is 0 Å². The minimum Gasteiger partial charge on any atom is -0.465 e. The molecule has 2 aromatic heterocycles. The van der Waals surface area contributed by atoms with Crippen molar-refractivity contribution in [1.82, 2.24) is 10.1 Å². The van der Waals surface area contributed by atoms with Crippen LogP contribution in [0.1, 0.15) is 36.8 Å². The van der Waals surface area contributed by atoms with Gasteiger partial charge in [-0.05, 0) is 31.2 Å². The molecule has 9 nitrogen and oxygen atoms in total. The monoisotopic (exact) mass is 380 g/mol. The Labute approximate surface area is 159 Å². The van der Waals surface area contributed by atoms with Crippen LogP contribution in [0.3, 0.4) is 0 Å². The molecule has 1 aromatic carbocycles. The maximum atomic E-state index is 12.5. The Kier molecular flexibility index (Phi) is 5.45. The summed E-state index contributed by atoms with van der Waals surface area (Å²) in [5.41, 5.74) is 1.05. The van der Waals surface area contributed by atoms with E-state index in [-0.39, 0.29) is 16.9 Å². The maximum Gasteiger partial charge on any atom is 0.337 e. The fourth-order valence-corrected chi connectivity index (χ4v) is 2.35. The van der Waals surface area contributed by atoms with Gasteiger partial charge in [0.05, 0.1) is 23.8 Å². The van der Waals surface area contributed by atoms with Gasteiger partial charge in [0.1, 0.15) is 5.76 Å². The maximum absolute atomic E-state index is 12.5. The number of esters is 1. The second-order valence-electron chi connectivity index (χ2n) is 5.77. The van der Waals surface area contributed by atoms with Crippen LogP contribution in [0.25, 0.3) is 0 Å². The number of nitrogens with one attached hydrogen (secondary N) is 2. The summed E-state index contributed by atoms with van der Waals surface area (Å²) in [6, 6.07) is 9.26. The Hall–Kier alpha value is -4.01. The number of hydrogen-bond acceptors (Lipinski definition) is 7. The number of benzene rings is 1. The number of anilines is 2. The highest BCUT2D eigenvalue weighted by molar-refractivity contribution is 6.08. The normalized spacial score (nSPS) is 10.2. The molecule has 0 radical (unpaired) electrons. The smallest absolute Gasteiger partial charge is 0.337 e. The van der Waals surface area contributed by atoms with Crippen molar-refractivity contribution in [3.63, 3.8) is 0 Å². The van der Waals surface area contributed by atoms with E-state index in [2.05, 4.69) is 25.5 Å². The molecule has 9 heteroatoms. The topological polar surface area (TPSA) is 123 Å². The molecule has 0 aliphatic heterocycles. The Morgan fingerprint density at radius 1 is 0.964 bits per heavy atom. The molecule has 0 aliphatic carbocycles. The van der Waals surface area contributed by atoms with Gasteiger partial charge in [-0.15, -0.1) is 0 Å². The van der Waals surface area contributed by atoms with Crippen LogP contribution in [-0.2, 0) is 4.74 Å². The molecule has 0 spiro atoms. The average Bonchev–Trinajstić information content (AvgIpc) is 3.12. The number of rotatable bonds is 5. The quantitative estimate of drug-likeness (QED) is 0.652. The van der Waals surface area contributed by atoms with Crippen molar-refractivity contribution in [3.8, 4) is 0 Å². The molecule has 0 aliphatic rings. The Bertz CT molecular complexity index is 1040. The lowest BCUT2D eigenvalue weighted by atomic mass is 10.1. The van der Waals surface area contributed by atoms with Gasteiger partial charge < -0.3 is 19.9 Å². The van der Waals surface area contributed by atoms with E-state index < -0.39 is 17.8 Å². The van der Waals surface area contributed by atoms with Crippen LogP contribution in [0.5, 0.6) is 0 Å². The van der Waals surface area contributed by atoms with E-state index in [1.807, 2.05) is 0 Å². The highest BCUT2D eigenvalue weighted by Crippen LogP contribution is 2.14. The third-order valence-electron chi connectivity index (χ3n) is 3.67. The van der Waals surface area contributed by atoms with Crippen molar-refractivity contribution >= 4 is 29.3 Å². The number of nitrogens with zero attached hydrogens (tertiary/aromatic N) is 2. The summed E-state index contributed by atoms with van der Waals surface area (Å²) in [5.74, 6) is -0.670. The number of ether oxygens (including phenoxy) is 1. The van der Waals surface area contributed by atoms with E-state index in [1.54, 1.807) is 31.2 Å². The van der Waals surface area contributed by atoms with Crippen molar-refractivity contribution in [2.75, 3.05) is 17.7 Å². The van der Waals surface area contributed by atoms with Gasteiger partial charge in [-0.3, -0.25) is 14.6 Å². The van der Waals surface area contributed by atoms with Crippen molar-refractivity contribution < 1.29 is 23.6 Å². The summed E-state index contributed by atoms with van der Waals surface area (Å²) in [6.07, 6.45) is 2.66. The molecule has 0 saturated carbocycles. The molecular weight excluding hydrogens is 364 g/mol. The molecule has 0 fully saturated rings. The lowest BCUT2D eigenvalue weighted by molar-refractivity contribution is 0.0600. The van der Waals surface area contributed by atoms with Gasteiger partial charge in [0.2, 0.25) is 0 Å². The third-order valence-corrected chi connectivity index (χ3v) is 3.67. The number of methoxy groups -OCH3 is 1. The van der Waals surface area contributed by atoms with Crippen molar-refractivity contribution in [1.29, 1.82) is 0 Å². The lowest BCUT2D eigenvalue weighted by Gasteiger charge is -2.08. The van der Waals surface area contributed by atoms with Crippen LogP contribution in [0, 0.1) is 6.92 Å². The van der Waals surface area contributed by atoms with Crippen LogP contribution in [0.4, 0.5) is 11.5 Å². The van der Waals surface area contributed by atoms with Gasteiger partial charge in [-0.25, -0.2) is 4.79 Å². The molecule has 0 unspecified atom stereocenters. The minimum absolute atomic E-state index is 0.174. The molecule has 2 N–H and O–H groups in total. The van der Waals surface area contributed by atoms with E-state index in [0.29, 0.717) is 17.0 Å². The molecule has 142 valence electrons. The summed E-state index contributed by atoms with van der Waals surface area (Å²) < 4.78 is 9.54. The second-order valence-corrected chi connectivity index (χ2v) is 5.77. The molecule has 0 saturated heterocycles. The van der Waals surface area contributed by atoms with Crippen LogP contribution in [0.15, 0.2) is 53.3 Å². The summed E-state index contributed by atoms with van der Waals surface area (Å²) in [6.45, 7) is 1.70. The zero-order chi connectivity index (χ0) is 20.1. The van der Waals surface area contributed by atoms with Crippen LogP contribution in [-0.4, -0.2) is 35.0 Å². The number of aryl methyl sites for hydroxylation is 1. The molecule has 0 bridgehead atoms. The fraction of sp³-hybridized carbons (Fsp3) is 0.105. The predicted octanol–water partition coefficient (Wildman–Crippen LogP) is 2.67. The first-order chi connectivity index (χ1) is 13.5. The van der Waals surface area contributed by atoms with E-state index in [1.165, 1.54) is 31.6 Å². The number of pyridine rings is 1. The number of hydrogen-bond donors (Lipinski definition) is 2. The Balaban J connectivity index is 1.73. The van der Waals surface area contributed by atoms with Crippen molar-refractivity contribution in [2.45, 2.75) is 6.92 Å². The molecule has 28 heavy (non-hydrogen) atoms. The molecule has 2 heterocycles. The first-order valence-electron chi connectivity index (χ1n) is 8.15. The predicted molar refractivity (Wildman–Crippen MR) is 99.2 cm³/mol. The lowest BCUT2D eigenvalue weighted by Crippen LogP contribution is -2.16. The highest BCUT2D eigenvalue weighted by atomic mass is 16.5. The van der Waals surface area contributed by atoms with Crippen LogP contribution >= 0.6 is 0 Å². The molecule has 3 rings (SSSR count). The number of aromatic nitrogens is 2. The summed E-state index contributed by atoms with van der Waals surface area (Å²) >= 11 is 0. The van der Waals surface area contributed by atoms with Crippen LogP contribution < -0.4 is 10.6 Å². The molecular formula is C19H16N4O5. The SMILES string of the molecule is COC(=O)c1cccc(NC(=O)c2cncc(C(=O)Nc3cc(C)on3)c2)c1. The average molecular weight is 380 g/mol. The van der Waals surface area contributed by atoms with Gasteiger partial charge in [-0.2, -0.15) is 0 Å². The zero-order valence-corrected chi connectivity index (χ0v) is 15.1. The van der Waals surface area contributed by atoms with Crippen molar-refractivity contribution in [3.05, 3.63) is 71.2 Å². The fourth-order valence-electron chi connectivity index (χ4n) is 2.35. The van der Waals surface area contributed by atoms with E-state index in [9.17, 15) is 14.4 Å². The van der Waals surface area contributed by atoms with Gasteiger partial charge in [-0.1, -0.05) is 11.2 Å². The van der Waals surface area contributed by atoms with E-state index in [0.717, 1.165) is 0 Å². The first kappa shape index (κ1) is 18.8. The van der Waals surface area contributed by atoms with E-state index in [4.69, 9.17) is 4.52 Å². The largest absolute Gasteiger partial charge is 0.465 e. The Morgan fingerprint density at radius 2 is 1.68 bits per heavy atom. The van der Waals surface area contributed by atoms with Gasteiger partial charge in [0, 0.05) is 24.1 Å². The number of amides is 2. The van der Waals surface area contributed by atoms with E-state index >= 15 is 0 Å². The first-order valence-corrected chi connectivity index (χ1v) is 8.15. The third kappa shape index (κ3) is 4.39. The molecule has 3 aromatic rings. The highest BCUT2D eigenvalue weighted by Gasteiger charge is 2.14. The number of carbonyl (C=O) groups is 3. The summed E-state index contributed by atoms with van der Waals surface area (Å²) in [7, 11) is 1.27. The van der Waals surface area contributed by atoms with Gasteiger partial charge >= 0.3 is 5.97 Å². The van der Waals surface area contributed by atoms with Crippen LogP contribution in [0.2, 0.25) is 0 Å². The molecule has 2 amide bonds. The summed E-state index contributed by atoms with van der Waals surface area (Å²) in [4.78, 5) is 40.3. The van der Waals surface area contributed by atoms with Gasteiger partial charge in [0.25, 0.3) is 11.8 Å². The summed E-state index contributed by atoms with van der Waals surface area (Å²) in [5, 5.41) is 8.89. The minimum atomic E-state index is -0.514. The molecule has 0 atom stereocenters. The number of carbonyl (C=O) groups excluding carboxylic acids is 3. The second kappa shape index (κ2) is 8.12. The zero-order valence-electron chi connectivity index (χ0n) is 15.1.